The quantitative estimate of drug-likeness (QED) is 0.878. The molecule has 1 aliphatic carbocycles. The molecule has 0 atom stereocenters. The Kier molecular flexibility index (Phi) is 3.49. The maximum atomic E-state index is 6.09. The van der Waals surface area contributed by atoms with Crippen LogP contribution in [0.2, 0.25) is 5.02 Å². The van der Waals surface area contributed by atoms with E-state index >= 15 is 0 Å². The van der Waals surface area contributed by atoms with Gasteiger partial charge in [-0.2, -0.15) is 4.98 Å². The Balaban J connectivity index is 2.14. The molecule has 2 N–H and O–H groups in total. The van der Waals surface area contributed by atoms with Crippen molar-refractivity contribution in [1.82, 2.24) is 9.97 Å². The second-order valence-corrected chi connectivity index (χ2v) is 4.64. The van der Waals surface area contributed by atoms with E-state index in [2.05, 4.69) is 21.8 Å². The lowest BCUT2D eigenvalue weighted by molar-refractivity contribution is 0.318. The molecule has 0 radical (unpaired) electrons. The fourth-order valence-corrected chi connectivity index (χ4v) is 2.16. The summed E-state index contributed by atoms with van der Waals surface area (Å²) in [4.78, 5) is 10.3. The highest BCUT2D eigenvalue weighted by atomic mass is 35.5. The number of anilines is 2. The van der Waals surface area contributed by atoms with E-state index in [1.54, 1.807) is 6.20 Å². The van der Waals surface area contributed by atoms with Crippen LogP contribution in [0.5, 0.6) is 0 Å². The standard InChI is InChI=1S/C11H17ClN4/c1-2-16(7-8-4-3-5-8)10-9(12)6-14-11(13)15-10/h6,8H,2-5,7H2,1H3,(H2,13,14,15). The zero-order chi connectivity index (χ0) is 11.5. The summed E-state index contributed by atoms with van der Waals surface area (Å²) in [6.45, 7) is 4.02. The smallest absolute Gasteiger partial charge is 0.222 e. The minimum absolute atomic E-state index is 0.284. The Bertz CT molecular complexity index is 365. The number of nitrogens with zero attached hydrogens (tertiary/aromatic N) is 3. The van der Waals surface area contributed by atoms with Crippen LogP contribution >= 0.6 is 11.6 Å². The highest BCUT2D eigenvalue weighted by molar-refractivity contribution is 6.32. The van der Waals surface area contributed by atoms with Crippen molar-refractivity contribution in [3.8, 4) is 0 Å². The van der Waals surface area contributed by atoms with Gasteiger partial charge in [0.1, 0.15) is 5.02 Å². The molecule has 0 saturated heterocycles. The van der Waals surface area contributed by atoms with E-state index < -0.39 is 0 Å². The van der Waals surface area contributed by atoms with E-state index in [9.17, 15) is 0 Å². The normalized spacial score (nSPS) is 15.9. The van der Waals surface area contributed by atoms with Crippen LogP contribution in [0.4, 0.5) is 11.8 Å². The number of hydrogen-bond acceptors (Lipinski definition) is 4. The molecule has 0 aromatic carbocycles. The van der Waals surface area contributed by atoms with E-state index in [0.29, 0.717) is 5.02 Å². The minimum Gasteiger partial charge on any atom is -0.368 e. The molecule has 1 saturated carbocycles. The van der Waals surface area contributed by atoms with Crippen LogP contribution in [0.15, 0.2) is 6.20 Å². The maximum absolute atomic E-state index is 6.09. The van der Waals surface area contributed by atoms with Crippen molar-refractivity contribution in [3.63, 3.8) is 0 Å². The molecule has 1 aliphatic rings. The summed E-state index contributed by atoms with van der Waals surface area (Å²) in [5, 5.41) is 0.579. The first-order chi connectivity index (χ1) is 7.70. The van der Waals surface area contributed by atoms with Gasteiger partial charge in [-0.15, -0.1) is 0 Å². The van der Waals surface area contributed by atoms with Crippen LogP contribution in [0.1, 0.15) is 26.2 Å². The first-order valence-electron chi connectivity index (χ1n) is 5.73. The van der Waals surface area contributed by atoms with Gasteiger partial charge in [0, 0.05) is 13.1 Å². The predicted molar refractivity (Wildman–Crippen MR) is 66.7 cm³/mol. The third kappa shape index (κ3) is 2.38. The van der Waals surface area contributed by atoms with Gasteiger partial charge in [0.25, 0.3) is 0 Å². The highest BCUT2D eigenvalue weighted by Crippen LogP contribution is 2.30. The summed E-state index contributed by atoms with van der Waals surface area (Å²) in [6.07, 6.45) is 5.55. The van der Waals surface area contributed by atoms with E-state index in [1.165, 1.54) is 19.3 Å². The minimum atomic E-state index is 0.284. The molecule has 2 rings (SSSR count). The first kappa shape index (κ1) is 11.5. The summed E-state index contributed by atoms with van der Waals surface area (Å²) in [7, 11) is 0. The van der Waals surface area contributed by atoms with Gasteiger partial charge in [-0.1, -0.05) is 18.0 Å². The molecule has 1 heterocycles. The Morgan fingerprint density at radius 2 is 2.31 bits per heavy atom. The average molecular weight is 241 g/mol. The van der Waals surface area contributed by atoms with Crippen molar-refractivity contribution in [3.05, 3.63) is 11.2 Å². The summed E-state index contributed by atoms with van der Waals surface area (Å²) < 4.78 is 0. The van der Waals surface area contributed by atoms with Crippen molar-refractivity contribution >= 4 is 23.4 Å². The molecule has 16 heavy (non-hydrogen) atoms. The number of nitrogens with two attached hydrogens (primary N) is 1. The van der Waals surface area contributed by atoms with Crippen molar-refractivity contribution in [2.45, 2.75) is 26.2 Å². The molecule has 0 amide bonds. The van der Waals surface area contributed by atoms with E-state index in [0.717, 1.165) is 24.8 Å². The molecular formula is C11H17ClN4. The summed E-state index contributed by atoms with van der Waals surface area (Å²) in [5.74, 6) is 1.84. The number of hydrogen-bond donors (Lipinski definition) is 1. The summed E-state index contributed by atoms with van der Waals surface area (Å²) in [5.41, 5.74) is 5.59. The fourth-order valence-electron chi connectivity index (χ4n) is 1.95. The first-order valence-corrected chi connectivity index (χ1v) is 6.11. The second kappa shape index (κ2) is 4.87. The number of nitrogen functional groups attached to an aromatic ring is 1. The van der Waals surface area contributed by atoms with Gasteiger partial charge in [0.05, 0.1) is 6.20 Å². The molecule has 88 valence electrons. The van der Waals surface area contributed by atoms with Crippen molar-refractivity contribution in [1.29, 1.82) is 0 Å². The van der Waals surface area contributed by atoms with Crippen molar-refractivity contribution in [2.75, 3.05) is 23.7 Å². The number of halogens is 1. The summed E-state index contributed by atoms with van der Waals surface area (Å²) in [6, 6.07) is 0. The van der Waals surface area contributed by atoms with E-state index in [1.807, 2.05) is 0 Å². The molecule has 5 heteroatoms. The maximum Gasteiger partial charge on any atom is 0.222 e. The zero-order valence-electron chi connectivity index (χ0n) is 9.49. The van der Waals surface area contributed by atoms with Crippen molar-refractivity contribution < 1.29 is 0 Å². The van der Waals surface area contributed by atoms with Crippen molar-refractivity contribution in [2.24, 2.45) is 5.92 Å². The van der Waals surface area contributed by atoms with Crippen LogP contribution in [0, 0.1) is 5.92 Å². The Morgan fingerprint density at radius 3 is 2.88 bits per heavy atom. The van der Waals surface area contributed by atoms with Gasteiger partial charge in [-0.3, -0.25) is 0 Å². The molecule has 1 aromatic heterocycles. The van der Waals surface area contributed by atoms with E-state index in [-0.39, 0.29) is 5.95 Å². The molecule has 4 nitrogen and oxygen atoms in total. The monoisotopic (exact) mass is 240 g/mol. The molecule has 1 fully saturated rings. The number of rotatable bonds is 4. The predicted octanol–water partition coefficient (Wildman–Crippen LogP) is 2.34. The van der Waals surface area contributed by atoms with Gasteiger partial charge >= 0.3 is 0 Å². The van der Waals surface area contributed by atoms with Crippen LogP contribution in [0.3, 0.4) is 0 Å². The van der Waals surface area contributed by atoms with Gasteiger partial charge in [-0.25, -0.2) is 4.98 Å². The molecule has 1 aromatic rings. The zero-order valence-corrected chi connectivity index (χ0v) is 10.2. The SMILES string of the molecule is CCN(CC1CCC1)c1nc(N)ncc1Cl. The molecule has 0 unspecified atom stereocenters. The van der Waals surface area contributed by atoms with Gasteiger partial charge in [0.15, 0.2) is 5.82 Å². The van der Waals surface area contributed by atoms with Gasteiger partial charge < -0.3 is 10.6 Å². The largest absolute Gasteiger partial charge is 0.368 e. The highest BCUT2D eigenvalue weighted by Gasteiger charge is 2.22. The molecule has 0 bridgehead atoms. The number of aromatic nitrogens is 2. The third-order valence-electron chi connectivity index (χ3n) is 3.13. The average Bonchev–Trinajstić information content (AvgIpc) is 2.21. The van der Waals surface area contributed by atoms with Crippen LogP contribution in [-0.2, 0) is 0 Å². The Morgan fingerprint density at radius 1 is 1.56 bits per heavy atom. The van der Waals surface area contributed by atoms with Crippen LogP contribution in [-0.4, -0.2) is 23.1 Å². The third-order valence-corrected chi connectivity index (χ3v) is 3.40. The molecular weight excluding hydrogens is 224 g/mol. The lowest BCUT2D eigenvalue weighted by atomic mass is 9.85. The Hall–Kier alpha value is -1.03. The van der Waals surface area contributed by atoms with Crippen LogP contribution < -0.4 is 10.6 Å². The second-order valence-electron chi connectivity index (χ2n) is 4.24. The molecule has 0 spiro atoms. The lowest BCUT2D eigenvalue weighted by Gasteiger charge is -2.32. The van der Waals surface area contributed by atoms with Gasteiger partial charge in [-0.05, 0) is 25.7 Å². The Labute approximate surface area is 101 Å². The van der Waals surface area contributed by atoms with E-state index in [4.69, 9.17) is 17.3 Å². The lowest BCUT2D eigenvalue weighted by Crippen LogP contribution is -2.33. The topological polar surface area (TPSA) is 55.0 Å². The van der Waals surface area contributed by atoms with Gasteiger partial charge in [0.2, 0.25) is 5.95 Å². The fraction of sp³-hybridized carbons (Fsp3) is 0.636. The summed E-state index contributed by atoms with van der Waals surface area (Å²) >= 11 is 6.09. The van der Waals surface area contributed by atoms with Crippen LogP contribution in [0.25, 0.3) is 0 Å². The molecule has 0 aliphatic heterocycles.